The van der Waals surface area contributed by atoms with Crippen LogP contribution in [0.3, 0.4) is 0 Å². The molecule has 0 saturated heterocycles. The molecule has 5 nitrogen and oxygen atoms in total. The number of hydrogen-bond donors (Lipinski definition) is 3. The van der Waals surface area contributed by atoms with Crippen molar-refractivity contribution in [2.75, 3.05) is 13.1 Å². The molecule has 0 fully saturated rings. The maximum atomic E-state index is 11.7. The smallest absolute Gasteiger partial charge is 0.303 e. The summed E-state index contributed by atoms with van der Waals surface area (Å²) in [5, 5.41) is 11.5. The second kappa shape index (κ2) is 8.98. The predicted molar refractivity (Wildman–Crippen MR) is 66.5 cm³/mol. The summed E-state index contributed by atoms with van der Waals surface area (Å²) in [6.07, 6.45) is 2.47. The summed E-state index contributed by atoms with van der Waals surface area (Å²) in [5.74, 6) is -0.872. The van der Waals surface area contributed by atoms with Crippen LogP contribution in [0, 0.1) is 11.8 Å². The topological polar surface area (TPSA) is 92.4 Å². The standard InChI is InChI=1S/C12H24N2O3/c1-3-10(7-11(15)16)8-14-12(17)9(2)5-4-6-13/h9-10H,3-8,13H2,1-2H3,(H,14,17)(H,15,16). The molecular formula is C12H24N2O3. The molecule has 0 radical (unpaired) electrons. The lowest BCUT2D eigenvalue weighted by atomic mass is 10.0. The van der Waals surface area contributed by atoms with Crippen molar-refractivity contribution in [1.29, 1.82) is 0 Å². The van der Waals surface area contributed by atoms with E-state index in [2.05, 4.69) is 5.32 Å². The van der Waals surface area contributed by atoms with Crippen LogP contribution >= 0.6 is 0 Å². The summed E-state index contributed by atoms with van der Waals surface area (Å²) < 4.78 is 0. The van der Waals surface area contributed by atoms with E-state index in [0.717, 1.165) is 19.3 Å². The van der Waals surface area contributed by atoms with Crippen LogP contribution in [0.1, 0.15) is 39.5 Å². The van der Waals surface area contributed by atoms with Gasteiger partial charge in [0, 0.05) is 18.9 Å². The average Bonchev–Trinajstić information content (AvgIpc) is 2.30. The number of carbonyl (C=O) groups is 2. The van der Waals surface area contributed by atoms with Gasteiger partial charge >= 0.3 is 5.97 Å². The third-order valence-corrected chi connectivity index (χ3v) is 2.89. The average molecular weight is 244 g/mol. The number of rotatable bonds is 9. The molecule has 0 spiro atoms. The zero-order valence-corrected chi connectivity index (χ0v) is 10.7. The molecule has 5 heteroatoms. The van der Waals surface area contributed by atoms with E-state index in [1.54, 1.807) is 0 Å². The van der Waals surface area contributed by atoms with Crippen molar-refractivity contribution in [3.63, 3.8) is 0 Å². The summed E-state index contributed by atoms with van der Waals surface area (Å²) in [5.41, 5.74) is 5.38. The van der Waals surface area contributed by atoms with Crippen LogP contribution in [0.2, 0.25) is 0 Å². The molecule has 2 unspecified atom stereocenters. The van der Waals surface area contributed by atoms with E-state index in [1.807, 2.05) is 13.8 Å². The summed E-state index contributed by atoms with van der Waals surface area (Å²) in [7, 11) is 0. The zero-order valence-electron chi connectivity index (χ0n) is 10.7. The fourth-order valence-electron chi connectivity index (χ4n) is 1.58. The van der Waals surface area contributed by atoms with Crippen LogP contribution in [-0.2, 0) is 9.59 Å². The lowest BCUT2D eigenvalue weighted by Crippen LogP contribution is -2.34. The van der Waals surface area contributed by atoms with Crippen LogP contribution in [-0.4, -0.2) is 30.1 Å². The van der Waals surface area contributed by atoms with Crippen molar-refractivity contribution in [1.82, 2.24) is 5.32 Å². The molecule has 0 aliphatic rings. The molecule has 4 N–H and O–H groups in total. The molecule has 17 heavy (non-hydrogen) atoms. The second-order valence-electron chi connectivity index (χ2n) is 4.45. The van der Waals surface area contributed by atoms with Gasteiger partial charge in [-0.25, -0.2) is 0 Å². The van der Waals surface area contributed by atoms with Gasteiger partial charge in [0.15, 0.2) is 0 Å². The van der Waals surface area contributed by atoms with Crippen LogP contribution in [0.25, 0.3) is 0 Å². The molecule has 0 saturated carbocycles. The van der Waals surface area contributed by atoms with Gasteiger partial charge in [-0.2, -0.15) is 0 Å². The van der Waals surface area contributed by atoms with Crippen molar-refractivity contribution >= 4 is 11.9 Å². The minimum atomic E-state index is -0.817. The van der Waals surface area contributed by atoms with Crippen molar-refractivity contribution in [3.05, 3.63) is 0 Å². The van der Waals surface area contributed by atoms with E-state index in [1.165, 1.54) is 0 Å². The monoisotopic (exact) mass is 244 g/mol. The van der Waals surface area contributed by atoms with Gasteiger partial charge in [-0.1, -0.05) is 20.3 Å². The molecule has 0 aromatic carbocycles. The molecule has 0 aliphatic carbocycles. The first-order chi connectivity index (χ1) is 8.01. The van der Waals surface area contributed by atoms with Crippen LogP contribution in [0.5, 0.6) is 0 Å². The maximum Gasteiger partial charge on any atom is 0.303 e. The van der Waals surface area contributed by atoms with Gasteiger partial charge in [-0.05, 0) is 25.3 Å². The van der Waals surface area contributed by atoms with E-state index in [-0.39, 0.29) is 24.2 Å². The molecule has 0 aromatic heterocycles. The summed E-state index contributed by atoms with van der Waals surface area (Å²) in [6, 6.07) is 0. The van der Waals surface area contributed by atoms with Gasteiger partial charge in [0.2, 0.25) is 5.91 Å². The van der Waals surface area contributed by atoms with Gasteiger partial charge in [0.05, 0.1) is 0 Å². The van der Waals surface area contributed by atoms with Gasteiger partial charge in [0.1, 0.15) is 0 Å². The first-order valence-electron chi connectivity index (χ1n) is 6.20. The van der Waals surface area contributed by atoms with E-state index in [0.29, 0.717) is 13.1 Å². The number of carboxylic acid groups (broad SMARTS) is 1. The minimum Gasteiger partial charge on any atom is -0.481 e. The Labute approximate surface area is 103 Å². The van der Waals surface area contributed by atoms with E-state index >= 15 is 0 Å². The Kier molecular flexibility index (Phi) is 8.40. The number of carbonyl (C=O) groups excluding carboxylic acids is 1. The van der Waals surface area contributed by atoms with Crippen LogP contribution in [0.4, 0.5) is 0 Å². The highest BCUT2D eigenvalue weighted by Gasteiger charge is 2.15. The minimum absolute atomic E-state index is 0.0118. The first kappa shape index (κ1) is 15.9. The first-order valence-corrected chi connectivity index (χ1v) is 6.20. The Bertz CT molecular complexity index is 244. The Hall–Kier alpha value is -1.10. The SMILES string of the molecule is CCC(CNC(=O)C(C)CCCN)CC(=O)O. The van der Waals surface area contributed by atoms with Crippen LogP contribution < -0.4 is 11.1 Å². The Morgan fingerprint density at radius 2 is 2.06 bits per heavy atom. The molecule has 1 amide bonds. The number of amides is 1. The van der Waals surface area contributed by atoms with Crippen molar-refractivity contribution in [2.24, 2.45) is 17.6 Å². The molecule has 0 aromatic rings. The van der Waals surface area contributed by atoms with E-state index < -0.39 is 5.97 Å². The number of carboxylic acids is 1. The van der Waals surface area contributed by atoms with Crippen LogP contribution in [0.15, 0.2) is 0 Å². The van der Waals surface area contributed by atoms with Crippen molar-refractivity contribution in [3.8, 4) is 0 Å². The number of nitrogens with one attached hydrogen (secondary N) is 1. The summed E-state index contributed by atoms with van der Waals surface area (Å²) in [4.78, 5) is 22.2. The highest BCUT2D eigenvalue weighted by molar-refractivity contribution is 5.78. The molecule has 0 heterocycles. The Morgan fingerprint density at radius 3 is 2.53 bits per heavy atom. The number of aliphatic carboxylic acids is 1. The lowest BCUT2D eigenvalue weighted by Gasteiger charge is -2.16. The quantitative estimate of drug-likeness (QED) is 0.563. The van der Waals surface area contributed by atoms with Gasteiger partial charge in [-0.3, -0.25) is 9.59 Å². The summed E-state index contributed by atoms with van der Waals surface area (Å²) >= 11 is 0. The fourth-order valence-corrected chi connectivity index (χ4v) is 1.58. The molecular weight excluding hydrogens is 220 g/mol. The molecule has 0 rings (SSSR count). The third kappa shape index (κ3) is 7.74. The normalized spacial score (nSPS) is 14.1. The summed E-state index contributed by atoms with van der Waals surface area (Å²) in [6.45, 7) is 4.82. The molecule has 0 bridgehead atoms. The lowest BCUT2D eigenvalue weighted by molar-refractivity contribution is -0.138. The Balaban J connectivity index is 3.90. The molecule has 100 valence electrons. The largest absolute Gasteiger partial charge is 0.481 e. The van der Waals surface area contributed by atoms with Gasteiger partial charge < -0.3 is 16.2 Å². The van der Waals surface area contributed by atoms with Gasteiger partial charge in [-0.15, -0.1) is 0 Å². The highest BCUT2D eigenvalue weighted by Crippen LogP contribution is 2.08. The van der Waals surface area contributed by atoms with Gasteiger partial charge in [0.25, 0.3) is 0 Å². The fraction of sp³-hybridized carbons (Fsp3) is 0.833. The maximum absolute atomic E-state index is 11.7. The highest BCUT2D eigenvalue weighted by atomic mass is 16.4. The van der Waals surface area contributed by atoms with E-state index in [4.69, 9.17) is 10.8 Å². The number of nitrogens with two attached hydrogens (primary N) is 1. The van der Waals surface area contributed by atoms with E-state index in [9.17, 15) is 9.59 Å². The predicted octanol–water partition coefficient (Wildman–Crippen LogP) is 0.979. The van der Waals surface area contributed by atoms with Crippen molar-refractivity contribution < 1.29 is 14.7 Å². The molecule has 0 aliphatic heterocycles. The second-order valence-corrected chi connectivity index (χ2v) is 4.45. The zero-order chi connectivity index (χ0) is 13.3. The van der Waals surface area contributed by atoms with Crippen molar-refractivity contribution in [2.45, 2.75) is 39.5 Å². The Morgan fingerprint density at radius 1 is 1.41 bits per heavy atom. The number of hydrogen-bond acceptors (Lipinski definition) is 3. The molecule has 2 atom stereocenters. The third-order valence-electron chi connectivity index (χ3n) is 2.89.